The first kappa shape index (κ1) is 22.8. The molecule has 0 unspecified atom stereocenters. The molecule has 3 aromatic rings. The Hall–Kier alpha value is -2.97. The first-order valence-electron chi connectivity index (χ1n) is 10.5. The number of nitrogens with one attached hydrogen (secondary N) is 1. The molecule has 3 saturated carbocycles. The number of nitrogens with zero attached hydrogens (tertiary/aromatic N) is 1. The van der Waals surface area contributed by atoms with Crippen LogP contribution in [0, 0.1) is 17.0 Å². The summed E-state index contributed by atoms with van der Waals surface area (Å²) in [6.07, 6.45) is 3.59. The maximum atomic E-state index is 13.7. The summed E-state index contributed by atoms with van der Waals surface area (Å²) in [5.74, 6) is -1.35. The average Bonchev–Trinajstić information content (AvgIpc) is 3.24. The van der Waals surface area contributed by atoms with Gasteiger partial charge in [-0.1, -0.05) is 23.2 Å². The molecule has 6 nitrogen and oxygen atoms in total. The second-order valence-electron chi connectivity index (χ2n) is 8.99. The molecule has 3 fully saturated rings. The van der Waals surface area contributed by atoms with Crippen molar-refractivity contribution < 1.29 is 27.5 Å². The van der Waals surface area contributed by atoms with Gasteiger partial charge in [0.05, 0.1) is 10.0 Å². The summed E-state index contributed by atoms with van der Waals surface area (Å²) < 4.78 is 37.8. The van der Waals surface area contributed by atoms with Crippen molar-refractivity contribution >= 4 is 34.9 Å². The molecule has 0 spiro atoms. The number of ketones is 1. The van der Waals surface area contributed by atoms with Crippen LogP contribution in [0.25, 0.3) is 11.5 Å². The van der Waals surface area contributed by atoms with Crippen molar-refractivity contribution in [2.45, 2.75) is 31.2 Å². The van der Waals surface area contributed by atoms with Gasteiger partial charge < -0.3 is 14.5 Å². The highest BCUT2D eigenvalue weighted by Crippen LogP contribution is 2.69. The van der Waals surface area contributed by atoms with Crippen molar-refractivity contribution in [2.24, 2.45) is 5.41 Å². The molecule has 0 saturated heterocycles. The quantitative estimate of drug-likeness (QED) is 0.401. The van der Waals surface area contributed by atoms with Crippen LogP contribution in [0.3, 0.4) is 0 Å². The van der Waals surface area contributed by atoms with Crippen molar-refractivity contribution in [2.75, 3.05) is 6.61 Å². The van der Waals surface area contributed by atoms with E-state index in [-0.39, 0.29) is 63.1 Å². The summed E-state index contributed by atoms with van der Waals surface area (Å²) in [6, 6.07) is 8.12. The number of hydrogen-bond donors (Lipinski definition) is 1. The van der Waals surface area contributed by atoms with Crippen LogP contribution in [0.2, 0.25) is 10.0 Å². The highest BCUT2D eigenvalue weighted by Gasteiger charge is 2.68. The summed E-state index contributed by atoms with van der Waals surface area (Å²) in [5.41, 5.74) is 0.0612. The van der Waals surface area contributed by atoms with Gasteiger partial charge in [0.2, 0.25) is 5.89 Å². The van der Waals surface area contributed by atoms with E-state index < -0.39 is 11.6 Å². The lowest BCUT2D eigenvalue weighted by Gasteiger charge is -2.70. The second kappa shape index (κ2) is 8.36. The van der Waals surface area contributed by atoms with Gasteiger partial charge in [0.1, 0.15) is 29.3 Å². The molecule has 1 heterocycles. The van der Waals surface area contributed by atoms with Gasteiger partial charge in [-0.25, -0.2) is 13.8 Å². The summed E-state index contributed by atoms with van der Waals surface area (Å²) >= 11 is 11.3. The minimum absolute atomic E-state index is 0.0123. The number of carbonyl (C=O) groups excluding carboxylic acids is 2. The molecule has 0 radical (unpaired) electrons. The fraction of sp³-hybridized carbons (Fsp3) is 0.292. The molecule has 34 heavy (non-hydrogen) atoms. The van der Waals surface area contributed by atoms with Gasteiger partial charge in [0.15, 0.2) is 12.4 Å². The number of benzene rings is 2. The zero-order valence-corrected chi connectivity index (χ0v) is 19.2. The van der Waals surface area contributed by atoms with Gasteiger partial charge in [-0.2, -0.15) is 0 Å². The molecular weight excluding hydrogens is 489 g/mol. The van der Waals surface area contributed by atoms with Gasteiger partial charge >= 0.3 is 0 Å². The van der Waals surface area contributed by atoms with Crippen molar-refractivity contribution in [1.82, 2.24) is 10.3 Å². The van der Waals surface area contributed by atoms with Gasteiger partial charge in [-0.15, -0.1) is 0 Å². The lowest BCUT2D eigenvalue weighted by molar-refractivity contribution is -0.164. The third-order valence-corrected chi connectivity index (χ3v) is 6.91. The Morgan fingerprint density at radius 1 is 1.06 bits per heavy atom. The van der Waals surface area contributed by atoms with E-state index in [0.717, 1.165) is 6.07 Å². The Kier molecular flexibility index (Phi) is 5.61. The number of halogens is 4. The van der Waals surface area contributed by atoms with Crippen LogP contribution in [-0.2, 0) is 4.79 Å². The Labute approximate surface area is 203 Å². The molecule has 0 aliphatic heterocycles. The molecule has 1 amide bonds. The molecule has 1 N–H and O–H groups in total. The van der Waals surface area contributed by atoms with Crippen LogP contribution >= 0.6 is 23.2 Å². The highest BCUT2D eigenvalue weighted by atomic mass is 35.5. The monoisotopic (exact) mass is 506 g/mol. The molecule has 3 aliphatic carbocycles. The van der Waals surface area contributed by atoms with Crippen LogP contribution in [0.15, 0.2) is 47.1 Å². The summed E-state index contributed by atoms with van der Waals surface area (Å²) in [6.45, 7) is -0.248. The van der Waals surface area contributed by atoms with E-state index in [2.05, 4.69) is 10.3 Å². The predicted molar refractivity (Wildman–Crippen MR) is 120 cm³/mol. The highest BCUT2D eigenvalue weighted by molar-refractivity contribution is 6.31. The number of carbonyl (C=O) groups is 2. The van der Waals surface area contributed by atoms with Crippen LogP contribution < -0.4 is 10.1 Å². The zero-order chi connectivity index (χ0) is 24.1. The van der Waals surface area contributed by atoms with Crippen LogP contribution in [0.1, 0.15) is 36.2 Å². The third kappa shape index (κ3) is 4.28. The maximum Gasteiger partial charge on any atom is 0.258 e. The number of rotatable bonds is 8. The van der Waals surface area contributed by atoms with E-state index in [1.807, 2.05) is 0 Å². The predicted octanol–water partition coefficient (Wildman–Crippen LogP) is 5.62. The Morgan fingerprint density at radius 2 is 1.74 bits per heavy atom. The SMILES string of the molecule is O=C(COc1ccc(Cl)c(F)c1)NC12CC(CC(=O)c3coc(-c4ccc(Cl)c(F)c4)n3)(C1)C2. The Morgan fingerprint density at radius 3 is 2.41 bits per heavy atom. The maximum absolute atomic E-state index is 13.7. The van der Waals surface area contributed by atoms with Crippen molar-refractivity contribution in [3.63, 3.8) is 0 Å². The molecule has 2 bridgehead atoms. The number of oxazole rings is 1. The minimum Gasteiger partial charge on any atom is -0.484 e. The van der Waals surface area contributed by atoms with E-state index in [1.165, 1.54) is 30.5 Å². The molecule has 2 aromatic carbocycles. The molecule has 0 atom stereocenters. The van der Waals surface area contributed by atoms with Crippen molar-refractivity contribution in [3.8, 4) is 17.2 Å². The van der Waals surface area contributed by atoms with E-state index >= 15 is 0 Å². The second-order valence-corrected chi connectivity index (χ2v) is 9.80. The van der Waals surface area contributed by atoms with Crippen molar-refractivity contribution in [1.29, 1.82) is 0 Å². The molecule has 1 aromatic heterocycles. The van der Waals surface area contributed by atoms with E-state index in [0.29, 0.717) is 24.8 Å². The Balaban J connectivity index is 1.11. The zero-order valence-electron chi connectivity index (χ0n) is 17.7. The van der Waals surface area contributed by atoms with Crippen LogP contribution in [-0.4, -0.2) is 28.8 Å². The van der Waals surface area contributed by atoms with E-state index in [4.69, 9.17) is 32.4 Å². The lowest BCUT2D eigenvalue weighted by Crippen LogP contribution is -2.75. The Bertz CT molecular complexity index is 1290. The largest absolute Gasteiger partial charge is 0.484 e. The fourth-order valence-corrected chi connectivity index (χ4v) is 5.20. The van der Waals surface area contributed by atoms with Gasteiger partial charge in [-0.05, 0) is 55.0 Å². The standard InChI is InChI=1S/C24H18Cl2F2N2O4/c25-15-3-1-13(5-17(15)27)22-29-19(8-34-22)20(31)7-23-10-24(11-23,12-23)30-21(32)9-33-14-2-4-16(26)18(28)6-14/h1-6,8H,7,9-12H2,(H,30,32). The number of amides is 1. The van der Waals surface area contributed by atoms with Crippen LogP contribution in [0.5, 0.6) is 5.75 Å². The fourth-order valence-electron chi connectivity index (χ4n) is 4.96. The van der Waals surface area contributed by atoms with E-state index in [9.17, 15) is 18.4 Å². The number of ether oxygens (including phenoxy) is 1. The minimum atomic E-state index is -0.620. The molecule has 6 rings (SSSR count). The molecule has 3 aliphatic rings. The van der Waals surface area contributed by atoms with Gasteiger partial charge in [-0.3, -0.25) is 9.59 Å². The summed E-state index contributed by atoms with van der Waals surface area (Å²) in [4.78, 5) is 29.2. The number of hydrogen-bond acceptors (Lipinski definition) is 5. The normalized spacial score (nSPS) is 22.5. The topological polar surface area (TPSA) is 81.4 Å². The molecule has 176 valence electrons. The first-order chi connectivity index (χ1) is 16.2. The van der Waals surface area contributed by atoms with Crippen LogP contribution in [0.4, 0.5) is 8.78 Å². The van der Waals surface area contributed by atoms with Gasteiger partial charge in [0.25, 0.3) is 5.91 Å². The molecular formula is C24H18Cl2F2N2O4. The van der Waals surface area contributed by atoms with E-state index in [1.54, 1.807) is 6.07 Å². The average molecular weight is 507 g/mol. The number of Topliss-reactive ketones (excluding diaryl/α,β-unsaturated/α-hetero) is 1. The first-order valence-corrected chi connectivity index (χ1v) is 11.2. The lowest BCUT2D eigenvalue weighted by atomic mass is 9.38. The van der Waals surface area contributed by atoms with Crippen molar-refractivity contribution in [3.05, 3.63) is 70.0 Å². The van der Waals surface area contributed by atoms with Gasteiger partial charge in [0, 0.05) is 23.6 Å². The number of aromatic nitrogens is 1. The summed E-state index contributed by atoms with van der Waals surface area (Å²) in [5, 5.41) is 2.92. The smallest absolute Gasteiger partial charge is 0.258 e. The summed E-state index contributed by atoms with van der Waals surface area (Å²) in [7, 11) is 0. The molecule has 10 heteroatoms. The third-order valence-electron chi connectivity index (χ3n) is 6.30.